The molecule has 0 aromatic heterocycles. The molecule has 0 aliphatic heterocycles. The van der Waals surface area contributed by atoms with Crippen LogP contribution in [0, 0.1) is 25.2 Å². The SMILES string of the molecule is Cc1ccc(NC(=O)/C(C#N)=C/c2cc(Cl)c(OCC(=O)Nc3ccccc3Cl)c(Cl)c2)c(C)c1. The van der Waals surface area contributed by atoms with E-state index >= 15 is 0 Å². The van der Waals surface area contributed by atoms with Crippen molar-refractivity contribution >= 4 is 64.1 Å². The number of carbonyl (C=O) groups excluding carboxylic acids is 2. The first kappa shape index (κ1) is 26.1. The Morgan fingerprint density at radius 2 is 1.63 bits per heavy atom. The number of ether oxygens (including phenoxy) is 1. The van der Waals surface area contributed by atoms with Crippen LogP contribution in [-0.2, 0) is 9.59 Å². The van der Waals surface area contributed by atoms with Gasteiger partial charge in [0.15, 0.2) is 12.4 Å². The average molecular weight is 529 g/mol. The summed E-state index contributed by atoms with van der Waals surface area (Å²) in [6, 6.07) is 17.2. The van der Waals surface area contributed by atoms with Gasteiger partial charge in [0, 0.05) is 5.69 Å². The molecule has 0 spiro atoms. The first-order valence-electron chi connectivity index (χ1n) is 10.3. The second kappa shape index (κ2) is 11.8. The Morgan fingerprint density at radius 1 is 0.943 bits per heavy atom. The van der Waals surface area contributed by atoms with Crippen molar-refractivity contribution in [3.05, 3.63) is 91.9 Å². The molecule has 0 aliphatic rings. The number of halogens is 3. The first-order chi connectivity index (χ1) is 16.7. The summed E-state index contributed by atoms with van der Waals surface area (Å²) in [7, 11) is 0. The topological polar surface area (TPSA) is 91.2 Å². The number of aryl methyl sites for hydroxylation is 2. The molecule has 2 amide bonds. The van der Waals surface area contributed by atoms with Crippen LogP contribution < -0.4 is 15.4 Å². The van der Waals surface area contributed by atoms with Crippen molar-refractivity contribution in [2.45, 2.75) is 13.8 Å². The van der Waals surface area contributed by atoms with E-state index in [1.54, 1.807) is 30.3 Å². The van der Waals surface area contributed by atoms with Crippen molar-refractivity contribution < 1.29 is 14.3 Å². The maximum Gasteiger partial charge on any atom is 0.266 e. The van der Waals surface area contributed by atoms with Gasteiger partial charge < -0.3 is 15.4 Å². The molecule has 3 aromatic carbocycles. The third-order valence-electron chi connectivity index (χ3n) is 4.82. The van der Waals surface area contributed by atoms with Gasteiger partial charge in [-0.15, -0.1) is 0 Å². The highest BCUT2D eigenvalue weighted by molar-refractivity contribution is 6.37. The number of para-hydroxylation sites is 1. The van der Waals surface area contributed by atoms with Gasteiger partial charge in [0.1, 0.15) is 11.6 Å². The van der Waals surface area contributed by atoms with Gasteiger partial charge in [0.2, 0.25) is 0 Å². The van der Waals surface area contributed by atoms with Gasteiger partial charge in [0.25, 0.3) is 11.8 Å². The van der Waals surface area contributed by atoms with Gasteiger partial charge in [-0.2, -0.15) is 5.26 Å². The molecule has 0 saturated carbocycles. The Hall–Kier alpha value is -3.50. The molecule has 0 heterocycles. The molecule has 0 radical (unpaired) electrons. The lowest BCUT2D eigenvalue weighted by atomic mass is 10.1. The molecule has 0 aliphatic carbocycles. The van der Waals surface area contributed by atoms with Crippen LogP contribution in [0.3, 0.4) is 0 Å². The summed E-state index contributed by atoms with van der Waals surface area (Å²) < 4.78 is 5.49. The van der Waals surface area contributed by atoms with Gasteiger partial charge in [-0.25, -0.2) is 0 Å². The number of nitrogens with zero attached hydrogens (tertiary/aromatic N) is 1. The number of hydrogen-bond acceptors (Lipinski definition) is 4. The van der Waals surface area contributed by atoms with Crippen LogP contribution in [0.1, 0.15) is 16.7 Å². The minimum absolute atomic E-state index is 0.0954. The largest absolute Gasteiger partial charge is 0.481 e. The van der Waals surface area contributed by atoms with Crippen LogP contribution in [0.4, 0.5) is 11.4 Å². The van der Waals surface area contributed by atoms with Crippen LogP contribution in [0.5, 0.6) is 5.75 Å². The zero-order valence-corrected chi connectivity index (χ0v) is 21.1. The molecule has 35 heavy (non-hydrogen) atoms. The molecule has 6 nitrogen and oxygen atoms in total. The van der Waals surface area contributed by atoms with Crippen molar-refractivity contribution in [2.24, 2.45) is 0 Å². The quantitative estimate of drug-likeness (QED) is 0.260. The Bertz CT molecular complexity index is 1340. The number of anilines is 2. The Kier molecular flexibility index (Phi) is 8.78. The number of benzene rings is 3. The van der Waals surface area contributed by atoms with Crippen LogP contribution >= 0.6 is 34.8 Å². The summed E-state index contributed by atoms with van der Waals surface area (Å²) in [4.78, 5) is 24.8. The summed E-state index contributed by atoms with van der Waals surface area (Å²) in [5.41, 5.74) is 3.27. The monoisotopic (exact) mass is 527 g/mol. The van der Waals surface area contributed by atoms with Gasteiger partial charge in [-0.05, 0) is 61.4 Å². The summed E-state index contributed by atoms with van der Waals surface area (Å²) in [6.45, 7) is 3.46. The molecular formula is C26H20Cl3N3O3. The van der Waals surface area contributed by atoms with E-state index < -0.39 is 11.8 Å². The Balaban J connectivity index is 1.71. The molecule has 0 unspecified atom stereocenters. The van der Waals surface area contributed by atoms with E-state index in [1.165, 1.54) is 18.2 Å². The van der Waals surface area contributed by atoms with E-state index in [0.717, 1.165) is 11.1 Å². The van der Waals surface area contributed by atoms with Crippen molar-refractivity contribution in [3.8, 4) is 11.8 Å². The van der Waals surface area contributed by atoms with Crippen LogP contribution in [0.2, 0.25) is 15.1 Å². The fourth-order valence-electron chi connectivity index (χ4n) is 3.15. The lowest BCUT2D eigenvalue weighted by Gasteiger charge is -2.12. The maximum atomic E-state index is 12.6. The molecule has 0 atom stereocenters. The second-order valence-corrected chi connectivity index (χ2v) is 8.79. The molecule has 0 bridgehead atoms. The van der Waals surface area contributed by atoms with Crippen molar-refractivity contribution in [1.82, 2.24) is 0 Å². The van der Waals surface area contributed by atoms with Gasteiger partial charge >= 0.3 is 0 Å². The molecule has 9 heteroatoms. The zero-order chi connectivity index (χ0) is 25.5. The first-order valence-corrected chi connectivity index (χ1v) is 11.5. The van der Waals surface area contributed by atoms with Crippen LogP contribution in [0.15, 0.2) is 60.2 Å². The predicted octanol–water partition coefficient (Wildman–Crippen LogP) is 6.83. The Labute approximate surface area is 218 Å². The number of hydrogen-bond donors (Lipinski definition) is 2. The summed E-state index contributed by atoms with van der Waals surface area (Å²) in [5, 5.41) is 15.5. The van der Waals surface area contributed by atoms with Crippen molar-refractivity contribution in [1.29, 1.82) is 5.26 Å². The molecule has 0 fully saturated rings. The fourth-order valence-corrected chi connectivity index (χ4v) is 3.94. The smallest absolute Gasteiger partial charge is 0.266 e. The van der Waals surface area contributed by atoms with E-state index in [4.69, 9.17) is 39.5 Å². The van der Waals surface area contributed by atoms with Gasteiger partial charge in [0.05, 0.1) is 20.8 Å². The molecule has 178 valence electrons. The molecular weight excluding hydrogens is 509 g/mol. The fraction of sp³-hybridized carbons (Fsp3) is 0.115. The minimum atomic E-state index is -0.566. The van der Waals surface area contributed by atoms with E-state index in [2.05, 4.69) is 10.6 Å². The highest BCUT2D eigenvalue weighted by atomic mass is 35.5. The highest BCUT2D eigenvalue weighted by Crippen LogP contribution is 2.35. The Morgan fingerprint density at radius 3 is 2.26 bits per heavy atom. The average Bonchev–Trinajstić information content (AvgIpc) is 2.80. The summed E-state index contributed by atoms with van der Waals surface area (Å²) in [5.74, 6) is -0.926. The summed E-state index contributed by atoms with van der Waals surface area (Å²) >= 11 is 18.6. The van der Waals surface area contributed by atoms with Gasteiger partial charge in [-0.3, -0.25) is 9.59 Å². The van der Waals surface area contributed by atoms with E-state index in [9.17, 15) is 14.9 Å². The standard InChI is InChI=1S/C26H20Cl3N3O3/c1-15-7-8-22(16(2)9-15)32-26(34)18(13-30)10-17-11-20(28)25(21(29)12-17)35-14-24(33)31-23-6-4-3-5-19(23)27/h3-12H,14H2,1-2H3,(H,31,33)(H,32,34)/b18-10+. The third kappa shape index (κ3) is 7.00. The number of nitrogens with one attached hydrogen (secondary N) is 2. The van der Waals surface area contributed by atoms with Crippen molar-refractivity contribution in [3.63, 3.8) is 0 Å². The van der Waals surface area contributed by atoms with Crippen molar-refractivity contribution in [2.75, 3.05) is 17.2 Å². The number of nitriles is 1. The zero-order valence-electron chi connectivity index (χ0n) is 18.8. The van der Waals surface area contributed by atoms with Crippen LogP contribution in [0.25, 0.3) is 6.08 Å². The second-order valence-electron chi connectivity index (χ2n) is 7.57. The highest BCUT2D eigenvalue weighted by Gasteiger charge is 2.15. The maximum absolute atomic E-state index is 12.6. The lowest BCUT2D eigenvalue weighted by Crippen LogP contribution is -2.20. The predicted molar refractivity (Wildman–Crippen MR) is 140 cm³/mol. The van der Waals surface area contributed by atoms with Gasteiger partial charge in [-0.1, -0.05) is 64.6 Å². The normalized spacial score (nSPS) is 10.9. The van der Waals surface area contributed by atoms with E-state index in [-0.39, 0.29) is 28.0 Å². The molecule has 0 saturated heterocycles. The number of rotatable bonds is 7. The third-order valence-corrected chi connectivity index (χ3v) is 5.71. The number of carbonyl (C=O) groups is 2. The number of amides is 2. The molecule has 2 N–H and O–H groups in total. The minimum Gasteiger partial charge on any atom is -0.481 e. The lowest BCUT2D eigenvalue weighted by molar-refractivity contribution is -0.118. The van der Waals surface area contributed by atoms with E-state index in [0.29, 0.717) is 22.0 Å². The molecule has 3 aromatic rings. The molecule has 3 rings (SSSR count). The summed E-state index contributed by atoms with van der Waals surface area (Å²) in [6.07, 6.45) is 1.37. The van der Waals surface area contributed by atoms with E-state index in [1.807, 2.05) is 32.0 Å². The van der Waals surface area contributed by atoms with Crippen LogP contribution in [-0.4, -0.2) is 18.4 Å².